The number of aliphatic hydroxyl groups is 2. The molecule has 1 fully saturated rings. The molecular weight excluding hydrogens is 250 g/mol. The highest BCUT2D eigenvalue weighted by molar-refractivity contribution is 5.83. The molecule has 0 aromatic rings. The monoisotopic (exact) mass is 265 g/mol. The van der Waals surface area contributed by atoms with Crippen molar-refractivity contribution in [3.63, 3.8) is 0 Å². The summed E-state index contributed by atoms with van der Waals surface area (Å²) in [5.74, 6) is -4.26. The van der Waals surface area contributed by atoms with Gasteiger partial charge >= 0.3 is 17.9 Å². The normalized spacial score (nSPS) is 21.3. The molecule has 104 valence electrons. The van der Waals surface area contributed by atoms with E-state index in [9.17, 15) is 14.4 Å². The van der Waals surface area contributed by atoms with E-state index in [2.05, 4.69) is 5.32 Å². The maximum absolute atomic E-state index is 10.1. The van der Waals surface area contributed by atoms with Crippen molar-refractivity contribution in [3.8, 4) is 0 Å². The number of carbonyl (C=O) groups is 3. The van der Waals surface area contributed by atoms with Crippen LogP contribution in [-0.2, 0) is 14.4 Å². The van der Waals surface area contributed by atoms with Crippen molar-refractivity contribution in [2.24, 2.45) is 0 Å². The fourth-order valence-corrected chi connectivity index (χ4v) is 1.17. The van der Waals surface area contributed by atoms with Crippen molar-refractivity contribution in [1.29, 1.82) is 0 Å². The average Bonchev–Trinajstić information content (AvgIpc) is 2.81. The molecule has 0 aromatic heterocycles. The van der Waals surface area contributed by atoms with Gasteiger partial charge in [-0.2, -0.15) is 0 Å². The Bertz CT molecular complexity index is 294. The van der Waals surface area contributed by atoms with Gasteiger partial charge in [0.15, 0.2) is 12.2 Å². The topological polar surface area (TPSA) is 164 Å². The van der Waals surface area contributed by atoms with Crippen LogP contribution >= 0.6 is 0 Å². The second kappa shape index (κ2) is 7.58. The van der Waals surface area contributed by atoms with E-state index in [1.165, 1.54) is 0 Å². The molecule has 0 saturated carbocycles. The van der Waals surface area contributed by atoms with E-state index in [0.717, 1.165) is 19.4 Å². The van der Waals surface area contributed by atoms with Crippen LogP contribution in [-0.4, -0.2) is 68.2 Å². The summed E-state index contributed by atoms with van der Waals surface area (Å²) in [4.78, 5) is 29.7. The van der Waals surface area contributed by atoms with Crippen molar-refractivity contribution in [2.75, 3.05) is 6.54 Å². The number of aliphatic hydroxyl groups excluding tert-OH is 2. The van der Waals surface area contributed by atoms with Gasteiger partial charge in [0.25, 0.3) is 0 Å². The summed E-state index contributed by atoms with van der Waals surface area (Å²) in [5.41, 5.74) is 0. The largest absolute Gasteiger partial charge is 0.480 e. The van der Waals surface area contributed by atoms with Gasteiger partial charge in [0, 0.05) is 0 Å². The molecule has 1 aliphatic rings. The number of hydrogen-bond donors (Lipinski definition) is 6. The second-order valence-electron chi connectivity index (χ2n) is 3.55. The summed E-state index contributed by atoms with van der Waals surface area (Å²) >= 11 is 0. The van der Waals surface area contributed by atoms with Gasteiger partial charge in [-0.15, -0.1) is 0 Å². The first kappa shape index (κ1) is 16.3. The molecule has 1 saturated heterocycles. The lowest BCUT2D eigenvalue weighted by Crippen LogP contribution is -2.39. The predicted molar refractivity (Wildman–Crippen MR) is 55.9 cm³/mol. The molecule has 0 bridgehead atoms. The van der Waals surface area contributed by atoms with Gasteiger partial charge in [-0.05, 0) is 19.4 Å². The number of carboxylic acid groups (broad SMARTS) is 3. The van der Waals surface area contributed by atoms with Crippen LogP contribution in [0.3, 0.4) is 0 Å². The number of nitrogens with one attached hydrogen (secondary N) is 1. The Morgan fingerprint density at radius 1 is 1.00 bits per heavy atom. The Morgan fingerprint density at radius 3 is 1.61 bits per heavy atom. The van der Waals surface area contributed by atoms with Crippen LogP contribution in [0.5, 0.6) is 0 Å². The summed E-state index contributed by atoms with van der Waals surface area (Å²) in [5, 5.41) is 43.7. The molecule has 0 radical (unpaired) electrons. The third-order valence-corrected chi connectivity index (χ3v) is 2.16. The molecule has 2 unspecified atom stereocenters. The van der Waals surface area contributed by atoms with Gasteiger partial charge in [-0.1, -0.05) is 0 Å². The zero-order valence-electron chi connectivity index (χ0n) is 9.31. The number of rotatable bonds is 4. The highest BCUT2D eigenvalue weighted by Gasteiger charge is 2.29. The van der Waals surface area contributed by atoms with Crippen LogP contribution < -0.4 is 5.32 Å². The van der Waals surface area contributed by atoms with E-state index in [1.807, 2.05) is 0 Å². The van der Waals surface area contributed by atoms with E-state index in [-0.39, 0.29) is 6.04 Å². The maximum Gasteiger partial charge on any atom is 0.335 e. The first-order chi connectivity index (χ1) is 8.27. The molecule has 0 spiro atoms. The van der Waals surface area contributed by atoms with E-state index in [0.29, 0.717) is 0 Å². The van der Waals surface area contributed by atoms with E-state index < -0.39 is 30.1 Å². The van der Waals surface area contributed by atoms with Gasteiger partial charge in [-0.3, -0.25) is 4.79 Å². The number of aliphatic carboxylic acids is 3. The van der Waals surface area contributed by atoms with Crippen molar-refractivity contribution >= 4 is 17.9 Å². The van der Waals surface area contributed by atoms with Crippen molar-refractivity contribution in [2.45, 2.75) is 31.1 Å². The van der Waals surface area contributed by atoms with E-state index >= 15 is 0 Å². The zero-order valence-corrected chi connectivity index (χ0v) is 9.31. The summed E-state index contributed by atoms with van der Waals surface area (Å²) in [7, 11) is 0. The molecule has 0 aromatic carbocycles. The van der Waals surface area contributed by atoms with Crippen molar-refractivity contribution in [3.05, 3.63) is 0 Å². The molecule has 18 heavy (non-hydrogen) atoms. The van der Waals surface area contributed by atoms with Gasteiger partial charge in [0.05, 0.1) is 0 Å². The van der Waals surface area contributed by atoms with E-state index in [4.69, 9.17) is 25.5 Å². The van der Waals surface area contributed by atoms with Gasteiger partial charge < -0.3 is 30.8 Å². The fourth-order valence-electron chi connectivity index (χ4n) is 1.17. The van der Waals surface area contributed by atoms with Crippen molar-refractivity contribution in [1.82, 2.24) is 5.32 Å². The Kier molecular flexibility index (Phi) is 6.86. The third kappa shape index (κ3) is 5.57. The highest BCUT2D eigenvalue weighted by atomic mass is 16.4. The molecule has 0 aliphatic carbocycles. The maximum atomic E-state index is 10.1. The first-order valence-corrected chi connectivity index (χ1v) is 5.05. The molecule has 1 heterocycles. The summed E-state index contributed by atoms with van der Waals surface area (Å²) in [6.07, 6.45) is -2.75. The minimum absolute atomic E-state index is 0.269. The summed E-state index contributed by atoms with van der Waals surface area (Å²) in [6.45, 7) is 0.858. The first-order valence-electron chi connectivity index (χ1n) is 5.05. The third-order valence-electron chi connectivity index (χ3n) is 2.16. The minimum Gasteiger partial charge on any atom is -0.480 e. The van der Waals surface area contributed by atoms with Gasteiger partial charge in [0.1, 0.15) is 6.04 Å². The van der Waals surface area contributed by atoms with Crippen LogP contribution in [0.1, 0.15) is 12.8 Å². The van der Waals surface area contributed by atoms with Crippen LogP contribution in [0.25, 0.3) is 0 Å². The molecule has 1 rings (SSSR count). The lowest BCUT2D eigenvalue weighted by molar-refractivity contribution is -0.165. The standard InChI is InChI=1S/C5H9NO2.C4H6O6/c7-5(8)4-2-1-3-6-4;5-1(3(7)8)2(6)4(9)10/h4,6H,1-3H2,(H,7,8);1-2,5-6H,(H,7,8)(H,9,10)/t4-;/m0./s1. The molecular formula is C9H15NO8. The van der Waals surface area contributed by atoms with Gasteiger partial charge in [0.2, 0.25) is 0 Å². The summed E-state index contributed by atoms with van der Waals surface area (Å²) in [6, 6.07) is -0.269. The number of hydrogen-bond acceptors (Lipinski definition) is 6. The minimum atomic E-state index is -2.27. The SMILES string of the molecule is O=C(O)C(O)C(O)C(=O)O.O=C(O)[C@@H]1CCCN1. The Morgan fingerprint density at radius 2 is 1.44 bits per heavy atom. The highest BCUT2D eigenvalue weighted by Crippen LogP contribution is 2.03. The zero-order chi connectivity index (χ0) is 14.3. The number of carboxylic acids is 3. The van der Waals surface area contributed by atoms with Gasteiger partial charge in [-0.25, -0.2) is 9.59 Å². The Labute approximate surface area is 102 Å². The second-order valence-corrected chi connectivity index (χ2v) is 3.55. The van der Waals surface area contributed by atoms with Crippen LogP contribution in [0.15, 0.2) is 0 Å². The fraction of sp³-hybridized carbons (Fsp3) is 0.667. The summed E-state index contributed by atoms with van der Waals surface area (Å²) < 4.78 is 0. The lowest BCUT2D eigenvalue weighted by Gasteiger charge is -2.07. The predicted octanol–water partition coefficient (Wildman–Crippen LogP) is -2.30. The molecule has 9 heteroatoms. The van der Waals surface area contributed by atoms with Crippen LogP contribution in [0.4, 0.5) is 0 Å². The molecule has 6 N–H and O–H groups in total. The molecule has 0 amide bonds. The van der Waals surface area contributed by atoms with Crippen molar-refractivity contribution < 1.29 is 39.9 Å². The Balaban J connectivity index is 0.000000327. The average molecular weight is 265 g/mol. The molecule has 1 aliphatic heterocycles. The van der Waals surface area contributed by atoms with E-state index in [1.54, 1.807) is 0 Å². The van der Waals surface area contributed by atoms with Crippen LogP contribution in [0, 0.1) is 0 Å². The lowest BCUT2D eigenvalue weighted by atomic mass is 10.2. The quantitative estimate of drug-likeness (QED) is 0.328. The van der Waals surface area contributed by atoms with Crippen LogP contribution in [0.2, 0.25) is 0 Å². The smallest absolute Gasteiger partial charge is 0.335 e. The molecule has 9 nitrogen and oxygen atoms in total. The Hall–Kier alpha value is -1.71. The molecule has 3 atom stereocenters.